The van der Waals surface area contributed by atoms with Gasteiger partial charge in [0.05, 0.1) is 6.61 Å². The van der Waals surface area contributed by atoms with E-state index in [1.165, 1.54) is 41.3 Å². The predicted octanol–water partition coefficient (Wildman–Crippen LogP) is 6.52. The zero-order valence-corrected chi connectivity index (χ0v) is 18.6. The standard InChI is InChI=1S/C15H18I2O4S2/c1-10-13(20-22-16)7-14(21-23-17)12(8-18)15(10)19-9-11-5-3-2-4-6-11/h7-8,11H,2-6,9H2,1H3. The van der Waals surface area contributed by atoms with Gasteiger partial charge in [-0.2, -0.15) is 0 Å². The number of hydrogen-bond donors (Lipinski definition) is 0. The van der Waals surface area contributed by atoms with E-state index in [4.69, 9.17) is 13.1 Å². The lowest BCUT2D eigenvalue weighted by atomic mass is 9.90. The van der Waals surface area contributed by atoms with E-state index < -0.39 is 0 Å². The minimum absolute atomic E-state index is 0.452. The molecule has 1 aliphatic carbocycles. The van der Waals surface area contributed by atoms with Crippen LogP contribution in [0.5, 0.6) is 17.2 Å². The molecule has 8 heteroatoms. The van der Waals surface area contributed by atoms with Crippen molar-refractivity contribution in [3.63, 3.8) is 0 Å². The Hall–Kier alpha value is 0.450. The third-order valence-corrected chi connectivity index (χ3v) is 5.59. The Bertz CT molecular complexity index is 537. The van der Waals surface area contributed by atoms with Crippen molar-refractivity contribution in [1.82, 2.24) is 0 Å². The lowest BCUT2D eigenvalue weighted by Crippen LogP contribution is -2.16. The van der Waals surface area contributed by atoms with Crippen molar-refractivity contribution < 1.29 is 17.9 Å². The van der Waals surface area contributed by atoms with Crippen LogP contribution in [0.2, 0.25) is 0 Å². The average molecular weight is 580 g/mol. The lowest BCUT2D eigenvalue weighted by Gasteiger charge is -2.23. The van der Waals surface area contributed by atoms with Crippen LogP contribution in [0.1, 0.15) is 48.0 Å². The Balaban J connectivity index is 2.27. The van der Waals surface area contributed by atoms with Crippen molar-refractivity contribution in [3.8, 4) is 17.2 Å². The molecule has 0 spiro atoms. The van der Waals surface area contributed by atoms with E-state index in [1.807, 2.05) is 28.1 Å². The summed E-state index contributed by atoms with van der Waals surface area (Å²) >= 11 is 4.09. The van der Waals surface area contributed by atoms with Crippen molar-refractivity contribution >= 4 is 67.1 Å². The van der Waals surface area contributed by atoms with Crippen LogP contribution in [0.15, 0.2) is 6.07 Å². The van der Waals surface area contributed by atoms with E-state index in [9.17, 15) is 4.79 Å². The summed E-state index contributed by atoms with van der Waals surface area (Å²) in [7, 11) is 2.39. The number of carbonyl (C=O) groups excluding carboxylic acids is 1. The Kier molecular flexibility index (Phi) is 8.98. The molecule has 1 saturated carbocycles. The van der Waals surface area contributed by atoms with Crippen LogP contribution in [0.4, 0.5) is 0 Å². The van der Waals surface area contributed by atoms with Gasteiger partial charge in [0.15, 0.2) is 12.0 Å². The number of hydrogen-bond acceptors (Lipinski definition) is 6. The van der Waals surface area contributed by atoms with Gasteiger partial charge in [-0.1, -0.05) is 19.3 Å². The Morgan fingerprint density at radius 3 is 2.43 bits per heavy atom. The first kappa shape index (κ1) is 19.8. The molecule has 128 valence electrons. The van der Waals surface area contributed by atoms with Crippen LogP contribution < -0.4 is 13.1 Å². The molecule has 4 nitrogen and oxygen atoms in total. The van der Waals surface area contributed by atoms with Gasteiger partial charge in [-0.15, -0.1) is 0 Å². The fourth-order valence-electron chi connectivity index (χ4n) is 2.81. The Morgan fingerprint density at radius 1 is 1.17 bits per heavy atom. The predicted molar refractivity (Wildman–Crippen MR) is 113 cm³/mol. The molecule has 0 aliphatic heterocycles. The van der Waals surface area contributed by atoms with Gasteiger partial charge in [-0.05, 0) is 25.7 Å². The normalized spacial score (nSPS) is 15.3. The minimum atomic E-state index is 0.452. The van der Waals surface area contributed by atoms with Crippen molar-refractivity contribution in [2.75, 3.05) is 6.61 Å². The van der Waals surface area contributed by atoms with Crippen molar-refractivity contribution in [2.45, 2.75) is 39.0 Å². The van der Waals surface area contributed by atoms with Crippen molar-refractivity contribution in [3.05, 3.63) is 17.2 Å². The number of aldehydes is 1. The molecule has 0 aromatic heterocycles. The molecule has 2 rings (SSSR count). The third kappa shape index (κ3) is 5.46. The molecule has 0 bridgehead atoms. The number of carbonyl (C=O) groups is 1. The fraction of sp³-hybridized carbons (Fsp3) is 0.533. The van der Waals surface area contributed by atoms with E-state index in [-0.39, 0.29) is 0 Å². The third-order valence-electron chi connectivity index (χ3n) is 4.03. The summed E-state index contributed by atoms with van der Waals surface area (Å²) in [5.41, 5.74) is 1.28. The molecule has 23 heavy (non-hydrogen) atoms. The topological polar surface area (TPSA) is 44.8 Å². The Labute approximate surface area is 169 Å². The highest BCUT2D eigenvalue weighted by molar-refractivity contribution is 14.2. The molecule has 0 heterocycles. The van der Waals surface area contributed by atoms with Gasteiger partial charge in [-0.3, -0.25) is 4.79 Å². The molecule has 0 saturated heterocycles. The van der Waals surface area contributed by atoms with Crippen LogP contribution in [0.3, 0.4) is 0 Å². The summed E-state index contributed by atoms with van der Waals surface area (Å²) < 4.78 is 17.1. The first-order chi connectivity index (χ1) is 11.2. The highest BCUT2D eigenvalue weighted by Crippen LogP contribution is 2.41. The number of halogens is 2. The van der Waals surface area contributed by atoms with Crippen LogP contribution in [-0.4, -0.2) is 12.9 Å². The van der Waals surface area contributed by atoms with Gasteiger partial charge in [0.1, 0.15) is 35.5 Å². The minimum Gasteiger partial charge on any atom is -0.492 e. The quantitative estimate of drug-likeness (QED) is 0.198. The molecule has 0 N–H and O–H groups in total. The molecule has 0 atom stereocenters. The highest BCUT2D eigenvalue weighted by Gasteiger charge is 2.21. The van der Waals surface area contributed by atoms with Crippen LogP contribution >= 0.6 is 60.8 Å². The number of ether oxygens (including phenoxy) is 1. The summed E-state index contributed by atoms with van der Waals surface area (Å²) in [6.07, 6.45) is 7.04. The Morgan fingerprint density at radius 2 is 1.83 bits per heavy atom. The molecular weight excluding hydrogens is 562 g/mol. The van der Waals surface area contributed by atoms with E-state index in [1.54, 1.807) is 6.07 Å². The largest absolute Gasteiger partial charge is 0.492 e. The van der Waals surface area contributed by atoms with Crippen LogP contribution in [-0.2, 0) is 0 Å². The molecule has 1 aromatic rings. The first-order valence-corrected chi connectivity index (χ1v) is 13.9. The molecule has 0 radical (unpaired) electrons. The molecule has 1 fully saturated rings. The first-order valence-electron chi connectivity index (χ1n) is 7.37. The summed E-state index contributed by atoms with van der Waals surface area (Å²) in [6.45, 7) is 2.55. The van der Waals surface area contributed by atoms with E-state index in [2.05, 4.69) is 21.2 Å². The van der Waals surface area contributed by atoms with Crippen LogP contribution in [0.25, 0.3) is 0 Å². The van der Waals surface area contributed by atoms with Gasteiger partial charge in [0.2, 0.25) is 0 Å². The molecule has 1 aromatic carbocycles. The maximum absolute atomic E-state index is 11.6. The number of benzene rings is 1. The van der Waals surface area contributed by atoms with E-state index in [0.29, 0.717) is 35.3 Å². The second-order valence-electron chi connectivity index (χ2n) is 5.47. The lowest BCUT2D eigenvalue weighted by molar-refractivity contribution is 0.111. The molecule has 0 amide bonds. The summed E-state index contributed by atoms with van der Waals surface area (Å²) in [5.74, 6) is 2.28. The van der Waals surface area contributed by atoms with Gasteiger partial charge in [0, 0.05) is 54.0 Å². The number of rotatable bonds is 8. The second-order valence-corrected chi connectivity index (χ2v) is 8.21. The summed E-state index contributed by atoms with van der Waals surface area (Å²) in [5, 5.41) is 0. The molecule has 1 aliphatic rings. The zero-order valence-electron chi connectivity index (χ0n) is 12.7. The molecule has 0 unspecified atom stereocenters. The average Bonchev–Trinajstić information content (AvgIpc) is 2.57. The zero-order chi connectivity index (χ0) is 16.7. The fourth-order valence-corrected chi connectivity index (χ4v) is 4.42. The van der Waals surface area contributed by atoms with Gasteiger partial charge in [0.25, 0.3) is 0 Å². The maximum atomic E-state index is 11.6. The van der Waals surface area contributed by atoms with Gasteiger partial charge in [-0.25, -0.2) is 0 Å². The monoisotopic (exact) mass is 580 g/mol. The van der Waals surface area contributed by atoms with E-state index >= 15 is 0 Å². The smallest absolute Gasteiger partial charge is 0.157 e. The highest BCUT2D eigenvalue weighted by atomic mass is 127. The summed E-state index contributed by atoms with van der Waals surface area (Å²) in [6, 6.07) is 1.74. The van der Waals surface area contributed by atoms with Gasteiger partial charge < -0.3 is 13.1 Å². The maximum Gasteiger partial charge on any atom is 0.157 e. The summed E-state index contributed by atoms with van der Waals surface area (Å²) in [4.78, 5) is 11.6. The van der Waals surface area contributed by atoms with Crippen molar-refractivity contribution in [2.24, 2.45) is 5.92 Å². The van der Waals surface area contributed by atoms with Crippen LogP contribution in [0, 0.1) is 12.8 Å². The second kappa shape index (κ2) is 10.4. The molecular formula is C15H18I2O4S2. The van der Waals surface area contributed by atoms with Gasteiger partial charge >= 0.3 is 0 Å². The SMILES string of the molecule is Cc1c(OSI)cc(OSI)c(C=O)c1OCC1CCCCC1. The van der Waals surface area contributed by atoms with Crippen molar-refractivity contribution in [1.29, 1.82) is 0 Å². The van der Waals surface area contributed by atoms with E-state index in [0.717, 1.165) is 21.1 Å².